The van der Waals surface area contributed by atoms with Crippen molar-refractivity contribution in [3.8, 4) is 0 Å². The number of hydrogen-bond donors (Lipinski definition) is 1. The number of sulfonamides is 1. The molecule has 20 heavy (non-hydrogen) atoms. The molecule has 1 N–H and O–H groups in total. The maximum Gasteiger partial charge on any atom is 0.260 e. The highest BCUT2D eigenvalue weighted by Gasteiger charge is 2.21. The van der Waals surface area contributed by atoms with E-state index in [2.05, 4.69) is 14.7 Å². The van der Waals surface area contributed by atoms with E-state index >= 15 is 0 Å². The Bertz CT molecular complexity index is 655. The van der Waals surface area contributed by atoms with Gasteiger partial charge in [0.2, 0.25) is 0 Å². The number of nitrogens with one attached hydrogen (secondary N) is 1. The summed E-state index contributed by atoms with van der Waals surface area (Å²) in [5, 5.41) is -0.0643. The third-order valence-electron chi connectivity index (χ3n) is 3.00. The number of nitrogens with zero attached hydrogens (tertiary/aromatic N) is 2. The minimum atomic E-state index is -3.65. The first-order valence-electron chi connectivity index (χ1n) is 6.38. The molecule has 5 nitrogen and oxygen atoms in total. The quantitative estimate of drug-likeness (QED) is 0.916. The van der Waals surface area contributed by atoms with Crippen LogP contribution in [0.15, 0.2) is 47.9 Å². The summed E-state index contributed by atoms with van der Waals surface area (Å²) in [4.78, 5) is 7.62. The summed E-state index contributed by atoms with van der Waals surface area (Å²) in [6, 6.07) is 7.52. The summed E-state index contributed by atoms with van der Waals surface area (Å²) in [7, 11) is -3.65. The minimum absolute atomic E-state index is 0.0643. The molecule has 1 aromatic carbocycles. The molecule has 1 unspecified atom stereocenters. The van der Waals surface area contributed by atoms with E-state index in [0.717, 1.165) is 11.1 Å². The third kappa shape index (κ3) is 3.40. The lowest BCUT2D eigenvalue weighted by Gasteiger charge is -2.17. The molecular weight excluding hydrogens is 274 g/mol. The fraction of sp³-hybridized carbons (Fsp3) is 0.286. The van der Waals surface area contributed by atoms with Gasteiger partial charge in [0.05, 0.1) is 6.20 Å². The molecule has 0 aliphatic rings. The van der Waals surface area contributed by atoms with Crippen LogP contribution in [0.2, 0.25) is 0 Å². The average Bonchev–Trinajstić information content (AvgIpc) is 2.47. The Balaban J connectivity index is 2.24. The van der Waals surface area contributed by atoms with Crippen molar-refractivity contribution < 1.29 is 8.42 Å². The van der Waals surface area contributed by atoms with Gasteiger partial charge in [0, 0.05) is 18.4 Å². The van der Waals surface area contributed by atoms with Crippen LogP contribution in [0.5, 0.6) is 0 Å². The van der Waals surface area contributed by atoms with E-state index < -0.39 is 10.0 Å². The van der Waals surface area contributed by atoms with E-state index in [-0.39, 0.29) is 11.1 Å². The summed E-state index contributed by atoms with van der Waals surface area (Å²) in [6.07, 6.45) is 4.70. The van der Waals surface area contributed by atoms with Crippen molar-refractivity contribution in [3.63, 3.8) is 0 Å². The van der Waals surface area contributed by atoms with Crippen LogP contribution < -0.4 is 4.72 Å². The largest absolute Gasteiger partial charge is 0.260 e. The maximum absolute atomic E-state index is 12.2. The smallest absolute Gasteiger partial charge is 0.260 e. The molecule has 0 fully saturated rings. The zero-order chi connectivity index (χ0) is 14.6. The molecule has 0 saturated heterocycles. The Morgan fingerprint density at radius 3 is 2.45 bits per heavy atom. The highest BCUT2D eigenvalue weighted by Crippen LogP contribution is 2.19. The fourth-order valence-corrected chi connectivity index (χ4v) is 3.05. The first-order valence-corrected chi connectivity index (χ1v) is 7.86. The lowest BCUT2D eigenvalue weighted by atomic mass is 10.0. The first kappa shape index (κ1) is 14.6. The van der Waals surface area contributed by atoms with Gasteiger partial charge in [0.15, 0.2) is 5.03 Å². The monoisotopic (exact) mass is 291 g/mol. The summed E-state index contributed by atoms with van der Waals surface area (Å²) in [5.74, 6) is 0. The van der Waals surface area contributed by atoms with Crippen molar-refractivity contribution in [2.45, 2.75) is 31.3 Å². The molecule has 0 radical (unpaired) electrons. The van der Waals surface area contributed by atoms with Gasteiger partial charge in [-0.1, -0.05) is 36.8 Å². The van der Waals surface area contributed by atoms with Crippen molar-refractivity contribution in [2.75, 3.05) is 0 Å². The average molecular weight is 291 g/mol. The van der Waals surface area contributed by atoms with Gasteiger partial charge >= 0.3 is 0 Å². The highest BCUT2D eigenvalue weighted by molar-refractivity contribution is 7.89. The summed E-state index contributed by atoms with van der Waals surface area (Å²) >= 11 is 0. The SMILES string of the molecule is CCC(NS(=O)(=O)c1cnccn1)c1ccc(C)cc1. The van der Waals surface area contributed by atoms with E-state index in [1.807, 2.05) is 38.1 Å². The second-order valence-electron chi connectivity index (χ2n) is 4.54. The van der Waals surface area contributed by atoms with Crippen molar-refractivity contribution in [1.29, 1.82) is 0 Å². The molecule has 6 heteroatoms. The molecule has 1 aromatic heterocycles. The second-order valence-corrected chi connectivity index (χ2v) is 6.20. The van der Waals surface area contributed by atoms with Crippen LogP contribution in [0, 0.1) is 6.92 Å². The Labute approximate surface area is 119 Å². The van der Waals surface area contributed by atoms with Crippen molar-refractivity contribution in [1.82, 2.24) is 14.7 Å². The molecule has 0 bridgehead atoms. The topological polar surface area (TPSA) is 72.0 Å². The van der Waals surface area contributed by atoms with Crippen LogP contribution >= 0.6 is 0 Å². The lowest BCUT2D eigenvalue weighted by Crippen LogP contribution is -2.29. The Morgan fingerprint density at radius 1 is 1.20 bits per heavy atom. The van der Waals surface area contributed by atoms with Crippen molar-refractivity contribution in [3.05, 3.63) is 54.0 Å². The van der Waals surface area contributed by atoms with E-state index in [1.54, 1.807) is 0 Å². The molecule has 0 saturated carbocycles. The first-order chi connectivity index (χ1) is 9.53. The normalized spacial score (nSPS) is 13.1. The van der Waals surface area contributed by atoms with E-state index in [1.165, 1.54) is 18.6 Å². The van der Waals surface area contributed by atoms with Crippen LogP contribution in [0.25, 0.3) is 0 Å². The lowest BCUT2D eigenvalue weighted by molar-refractivity contribution is 0.546. The zero-order valence-electron chi connectivity index (χ0n) is 11.4. The van der Waals surface area contributed by atoms with Crippen molar-refractivity contribution in [2.24, 2.45) is 0 Å². The Kier molecular flexibility index (Phi) is 4.46. The third-order valence-corrected chi connectivity index (χ3v) is 4.36. The number of aryl methyl sites for hydroxylation is 1. The summed E-state index contributed by atoms with van der Waals surface area (Å²) < 4.78 is 27.1. The van der Waals surface area contributed by atoms with Gasteiger partial charge in [-0.2, -0.15) is 0 Å². The van der Waals surface area contributed by atoms with Crippen LogP contribution in [-0.2, 0) is 10.0 Å². The van der Waals surface area contributed by atoms with Gasteiger partial charge in [0.25, 0.3) is 10.0 Å². The fourth-order valence-electron chi connectivity index (χ4n) is 1.86. The number of rotatable bonds is 5. The van der Waals surface area contributed by atoms with Crippen molar-refractivity contribution >= 4 is 10.0 Å². The van der Waals surface area contributed by atoms with Crippen LogP contribution in [0.1, 0.15) is 30.5 Å². The van der Waals surface area contributed by atoms with E-state index in [4.69, 9.17) is 0 Å². The molecule has 0 amide bonds. The summed E-state index contributed by atoms with van der Waals surface area (Å²) in [6.45, 7) is 3.93. The van der Waals surface area contributed by atoms with Gasteiger partial charge in [-0.15, -0.1) is 0 Å². The van der Waals surface area contributed by atoms with Crippen LogP contribution in [-0.4, -0.2) is 18.4 Å². The maximum atomic E-state index is 12.2. The second kappa shape index (κ2) is 6.11. The number of benzene rings is 1. The van der Waals surface area contributed by atoms with Gasteiger partial charge < -0.3 is 0 Å². The number of hydrogen-bond acceptors (Lipinski definition) is 4. The Morgan fingerprint density at radius 2 is 1.90 bits per heavy atom. The molecule has 0 spiro atoms. The molecule has 1 heterocycles. The minimum Gasteiger partial charge on any atom is -0.260 e. The van der Waals surface area contributed by atoms with Gasteiger partial charge in [-0.05, 0) is 18.9 Å². The van der Waals surface area contributed by atoms with Gasteiger partial charge in [-0.25, -0.2) is 18.1 Å². The number of aromatic nitrogens is 2. The summed E-state index contributed by atoms with van der Waals surface area (Å²) in [5.41, 5.74) is 2.07. The molecule has 1 atom stereocenters. The molecule has 0 aliphatic carbocycles. The van der Waals surface area contributed by atoms with E-state index in [0.29, 0.717) is 6.42 Å². The van der Waals surface area contributed by atoms with Gasteiger partial charge in [-0.3, -0.25) is 4.98 Å². The predicted molar refractivity (Wildman–Crippen MR) is 76.6 cm³/mol. The van der Waals surface area contributed by atoms with E-state index in [9.17, 15) is 8.42 Å². The standard InChI is InChI=1S/C14H17N3O2S/c1-3-13(12-6-4-11(2)5-7-12)17-20(18,19)14-10-15-8-9-16-14/h4-10,13,17H,3H2,1-2H3. The molecule has 2 aromatic rings. The molecule has 2 rings (SSSR count). The van der Waals surface area contributed by atoms with Gasteiger partial charge in [0.1, 0.15) is 0 Å². The Hall–Kier alpha value is -1.79. The van der Waals surface area contributed by atoms with Crippen LogP contribution in [0.4, 0.5) is 0 Å². The molecular formula is C14H17N3O2S. The predicted octanol–water partition coefficient (Wildman–Crippen LogP) is 2.21. The molecule has 106 valence electrons. The highest BCUT2D eigenvalue weighted by atomic mass is 32.2. The zero-order valence-corrected chi connectivity index (χ0v) is 12.3. The van der Waals surface area contributed by atoms with Crippen LogP contribution in [0.3, 0.4) is 0 Å². The molecule has 0 aliphatic heterocycles.